The van der Waals surface area contributed by atoms with Crippen LogP contribution in [0.25, 0.3) is 0 Å². The number of aliphatic hydroxyl groups excluding tert-OH is 1. The molecule has 3 N–H and O–H groups in total. The maximum atomic E-state index is 13.1. The lowest BCUT2D eigenvalue weighted by molar-refractivity contribution is -0.136. The monoisotopic (exact) mass is 335 g/mol. The van der Waals surface area contributed by atoms with Crippen LogP contribution in [-0.2, 0) is 4.79 Å². The number of piperidine rings is 1. The molecule has 3 rings (SSSR count). The molecular weight excluding hydrogens is 309 g/mol. The molecular formula is C18H26FN3O2. The van der Waals surface area contributed by atoms with E-state index >= 15 is 0 Å². The quantitative estimate of drug-likeness (QED) is 0.781. The number of carbonyl (C=O) groups excluding carboxylic acids is 1. The molecule has 5 nitrogen and oxygen atoms in total. The van der Waals surface area contributed by atoms with Gasteiger partial charge in [-0.15, -0.1) is 0 Å². The Bertz CT molecular complexity index is 578. The van der Waals surface area contributed by atoms with Crippen molar-refractivity contribution in [1.29, 1.82) is 0 Å². The molecule has 0 saturated carbocycles. The van der Waals surface area contributed by atoms with Gasteiger partial charge in [0.1, 0.15) is 11.9 Å². The van der Waals surface area contributed by atoms with Gasteiger partial charge in [0.2, 0.25) is 5.91 Å². The third-order valence-electron chi connectivity index (χ3n) is 5.23. The summed E-state index contributed by atoms with van der Waals surface area (Å²) in [6.07, 6.45) is 0.833. The van der Waals surface area contributed by atoms with Crippen LogP contribution in [0.4, 0.5) is 4.39 Å². The number of hydrogen-bond acceptors (Lipinski definition) is 4. The second kappa shape index (κ2) is 7.17. The minimum atomic E-state index is -0.622. The van der Waals surface area contributed by atoms with Crippen molar-refractivity contribution in [3.63, 3.8) is 0 Å². The smallest absolute Gasteiger partial charge is 0.241 e. The highest BCUT2D eigenvalue weighted by molar-refractivity contribution is 5.82. The van der Waals surface area contributed by atoms with E-state index in [1.807, 2.05) is 0 Å². The van der Waals surface area contributed by atoms with Crippen molar-refractivity contribution in [2.45, 2.75) is 50.8 Å². The predicted octanol–water partition coefficient (Wildman–Crippen LogP) is 1.39. The Morgan fingerprint density at radius 3 is 2.58 bits per heavy atom. The molecule has 2 saturated heterocycles. The topological polar surface area (TPSA) is 64.6 Å². The highest BCUT2D eigenvalue weighted by Crippen LogP contribution is 2.29. The van der Waals surface area contributed by atoms with E-state index in [1.54, 1.807) is 17.0 Å². The van der Waals surface area contributed by atoms with Gasteiger partial charge in [-0.1, -0.05) is 26.0 Å². The minimum absolute atomic E-state index is 0.0438. The number of aliphatic hydroxyl groups is 1. The summed E-state index contributed by atoms with van der Waals surface area (Å²) in [5, 5.41) is 10.5. The number of nitrogens with zero attached hydrogens (tertiary/aromatic N) is 1. The van der Waals surface area contributed by atoms with Crippen LogP contribution in [0.5, 0.6) is 0 Å². The summed E-state index contributed by atoms with van der Waals surface area (Å²) < 4.78 is 13.1. The molecule has 4 atom stereocenters. The van der Waals surface area contributed by atoms with E-state index in [-0.39, 0.29) is 23.7 Å². The molecule has 6 heteroatoms. The fourth-order valence-electron chi connectivity index (χ4n) is 3.63. The van der Waals surface area contributed by atoms with Crippen molar-refractivity contribution in [2.24, 2.45) is 5.92 Å². The van der Waals surface area contributed by atoms with E-state index < -0.39 is 6.10 Å². The van der Waals surface area contributed by atoms with Crippen LogP contribution in [0.1, 0.15) is 38.2 Å². The summed E-state index contributed by atoms with van der Waals surface area (Å²) in [5.74, 6) is 0.181. The lowest BCUT2D eigenvalue weighted by atomic mass is 9.86. The summed E-state index contributed by atoms with van der Waals surface area (Å²) in [6, 6.07) is 6.33. The Morgan fingerprint density at radius 1 is 1.29 bits per heavy atom. The molecule has 1 aromatic rings. The maximum Gasteiger partial charge on any atom is 0.241 e. The average Bonchev–Trinajstić information content (AvgIpc) is 3.05. The van der Waals surface area contributed by atoms with E-state index in [9.17, 15) is 14.3 Å². The zero-order chi connectivity index (χ0) is 17.3. The van der Waals surface area contributed by atoms with Gasteiger partial charge < -0.3 is 10.0 Å². The fraction of sp³-hybridized carbons (Fsp3) is 0.611. The number of halogens is 1. The number of likely N-dealkylation sites (tertiary alicyclic amines) is 1. The van der Waals surface area contributed by atoms with Crippen molar-refractivity contribution in [3.8, 4) is 0 Å². The highest BCUT2D eigenvalue weighted by Gasteiger charge is 2.37. The Hall–Kier alpha value is -1.50. The van der Waals surface area contributed by atoms with Crippen molar-refractivity contribution >= 4 is 5.91 Å². The zero-order valence-electron chi connectivity index (χ0n) is 14.2. The number of rotatable bonds is 3. The van der Waals surface area contributed by atoms with Gasteiger partial charge in [0.15, 0.2) is 0 Å². The average molecular weight is 335 g/mol. The Kier molecular flexibility index (Phi) is 5.18. The second-order valence-electron chi connectivity index (χ2n) is 7.23. The van der Waals surface area contributed by atoms with Crippen LogP contribution < -0.4 is 10.9 Å². The number of β-amino-alcohol motifs (C(OH)–C–C–N with tert-alkyl or cyclic N) is 1. The van der Waals surface area contributed by atoms with Gasteiger partial charge in [-0.25, -0.2) is 9.82 Å². The van der Waals surface area contributed by atoms with E-state index in [0.29, 0.717) is 31.5 Å². The predicted molar refractivity (Wildman–Crippen MR) is 89.6 cm³/mol. The molecule has 2 unspecified atom stereocenters. The number of hydrazine groups is 1. The van der Waals surface area contributed by atoms with Crippen LogP contribution in [0.15, 0.2) is 24.3 Å². The van der Waals surface area contributed by atoms with Gasteiger partial charge in [0, 0.05) is 25.0 Å². The van der Waals surface area contributed by atoms with Crippen LogP contribution in [0, 0.1) is 11.7 Å². The van der Waals surface area contributed by atoms with Crippen LogP contribution in [0.2, 0.25) is 0 Å². The van der Waals surface area contributed by atoms with Gasteiger partial charge in [-0.2, -0.15) is 0 Å². The zero-order valence-corrected chi connectivity index (χ0v) is 14.2. The van der Waals surface area contributed by atoms with Gasteiger partial charge in [-0.3, -0.25) is 10.2 Å². The summed E-state index contributed by atoms with van der Waals surface area (Å²) in [6.45, 7) is 5.20. The minimum Gasteiger partial charge on any atom is -0.391 e. The fourth-order valence-corrected chi connectivity index (χ4v) is 3.63. The molecule has 0 aliphatic carbocycles. The first-order valence-electron chi connectivity index (χ1n) is 8.69. The molecule has 0 radical (unpaired) electrons. The first kappa shape index (κ1) is 17.3. The molecule has 1 aromatic carbocycles. The standard InChI is InChI=1S/C18H26FN3O2/c1-11(2)15-9-16(21-20-15)18(24)22-8-7-14(17(23)10-22)12-3-5-13(19)6-4-12/h3-6,11,14-17,20-21,23H,7-10H2,1-2H3/t14-,15?,16?,17+/m1/s1. The van der Waals surface area contributed by atoms with E-state index in [1.165, 1.54) is 12.1 Å². The maximum absolute atomic E-state index is 13.1. The van der Waals surface area contributed by atoms with Gasteiger partial charge in [0.25, 0.3) is 0 Å². The van der Waals surface area contributed by atoms with Crippen molar-refractivity contribution in [3.05, 3.63) is 35.6 Å². The van der Waals surface area contributed by atoms with Crippen molar-refractivity contribution in [1.82, 2.24) is 15.8 Å². The molecule has 0 bridgehead atoms. The number of nitrogens with one attached hydrogen (secondary N) is 2. The number of benzene rings is 1. The summed E-state index contributed by atoms with van der Waals surface area (Å²) in [4.78, 5) is 14.4. The van der Waals surface area contributed by atoms with Crippen molar-refractivity contribution < 1.29 is 14.3 Å². The van der Waals surface area contributed by atoms with E-state index in [4.69, 9.17) is 0 Å². The van der Waals surface area contributed by atoms with Crippen LogP contribution >= 0.6 is 0 Å². The normalized spacial score (nSPS) is 30.8. The molecule has 132 valence electrons. The largest absolute Gasteiger partial charge is 0.391 e. The summed E-state index contributed by atoms with van der Waals surface area (Å²) >= 11 is 0. The second-order valence-corrected chi connectivity index (χ2v) is 7.23. The Morgan fingerprint density at radius 2 is 2.00 bits per heavy atom. The van der Waals surface area contributed by atoms with Crippen LogP contribution in [0.3, 0.4) is 0 Å². The van der Waals surface area contributed by atoms with Crippen molar-refractivity contribution in [2.75, 3.05) is 13.1 Å². The SMILES string of the molecule is CC(C)C1CC(C(=O)N2CC[C@H](c3ccc(F)cc3)[C@@H](O)C2)NN1. The Labute approximate surface area is 142 Å². The highest BCUT2D eigenvalue weighted by atomic mass is 19.1. The van der Waals surface area contributed by atoms with Gasteiger partial charge >= 0.3 is 0 Å². The number of hydrogen-bond donors (Lipinski definition) is 3. The molecule has 0 spiro atoms. The van der Waals surface area contributed by atoms with Gasteiger partial charge in [-0.05, 0) is 36.5 Å². The molecule has 0 aromatic heterocycles. The molecule has 24 heavy (non-hydrogen) atoms. The lowest BCUT2D eigenvalue weighted by Gasteiger charge is -2.37. The first-order chi connectivity index (χ1) is 11.5. The third kappa shape index (κ3) is 3.61. The summed E-state index contributed by atoms with van der Waals surface area (Å²) in [5.41, 5.74) is 7.19. The third-order valence-corrected chi connectivity index (χ3v) is 5.23. The Balaban J connectivity index is 1.59. The number of amides is 1. The summed E-state index contributed by atoms with van der Waals surface area (Å²) in [7, 11) is 0. The molecule has 2 aliphatic rings. The van der Waals surface area contributed by atoms with E-state index in [2.05, 4.69) is 24.7 Å². The van der Waals surface area contributed by atoms with Crippen LogP contribution in [-0.4, -0.2) is 47.2 Å². The first-order valence-corrected chi connectivity index (χ1v) is 8.69. The molecule has 2 aliphatic heterocycles. The lowest BCUT2D eigenvalue weighted by Crippen LogP contribution is -2.52. The molecule has 2 fully saturated rings. The number of carbonyl (C=O) groups is 1. The van der Waals surface area contributed by atoms with E-state index in [0.717, 1.165) is 12.0 Å². The van der Waals surface area contributed by atoms with Gasteiger partial charge in [0.05, 0.1) is 6.10 Å². The molecule has 1 amide bonds. The molecule has 2 heterocycles.